The zero-order valence-electron chi connectivity index (χ0n) is 22.8. The Morgan fingerprint density at radius 1 is 0.750 bits per heavy atom. The van der Waals surface area contributed by atoms with Crippen LogP contribution in [-0.2, 0) is 9.47 Å². The Morgan fingerprint density at radius 2 is 1.39 bits per heavy atom. The molecule has 6 aromatic rings. The fourth-order valence-electron chi connectivity index (χ4n) is 3.19. The molecule has 2 N–H and O–H groups in total. The maximum absolute atomic E-state index is 13.0. The number of aromatic amines is 2. The summed E-state index contributed by atoms with van der Waals surface area (Å²) < 4.78 is 60.7. The highest BCUT2D eigenvalue weighted by atomic mass is 32.1. The average Bonchev–Trinajstić information content (AvgIpc) is 3.83. The van der Waals surface area contributed by atoms with Crippen LogP contribution in [0, 0.1) is 21.9 Å². The smallest absolute Gasteiger partial charge is 0.354 e. The van der Waals surface area contributed by atoms with Crippen molar-refractivity contribution in [3.05, 3.63) is 90.2 Å². The van der Waals surface area contributed by atoms with Crippen LogP contribution < -0.4 is 0 Å². The van der Waals surface area contributed by atoms with Crippen LogP contribution in [-0.4, -0.2) is 47.7 Å². The van der Waals surface area contributed by atoms with Crippen molar-refractivity contribution in [3.63, 3.8) is 0 Å². The number of rotatable bonds is 6. The Hall–Kier alpha value is -4.12. The minimum absolute atomic E-state index is 0.262. The molecule has 44 heavy (non-hydrogen) atoms. The lowest BCUT2D eigenvalue weighted by atomic mass is 10.4. The monoisotopic (exact) mass is 686 g/mol. The molecule has 6 aromatic heterocycles. The van der Waals surface area contributed by atoms with Crippen LogP contribution in [0.5, 0.6) is 0 Å². The Bertz CT molecular complexity index is 1770. The maximum Gasteiger partial charge on any atom is 0.354 e. The van der Waals surface area contributed by atoms with E-state index < -0.39 is 11.9 Å². The number of halogens is 4. The molecule has 0 radical (unpaired) electrons. The van der Waals surface area contributed by atoms with Crippen molar-refractivity contribution >= 4 is 90.3 Å². The largest absolute Gasteiger partial charge is 0.461 e. The summed E-state index contributed by atoms with van der Waals surface area (Å²) in [4.78, 5) is 48.6. The molecule has 6 heterocycles. The minimum Gasteiger partial charge on any atom is -0.461 e. The third-order valence-electron chi connectivity index (χ3n) is 4.99. The molecule has 0 amide bonds. The molecule has 0 bridgehead atoms. The molecule has 0 saturated heterocycles. The normalized spacial score (nSPS) is 10.1. The number of hydrogen-bond donors (Lipinski definition) is 2. The fourth-order valence-corrected chi connectivity index (χ4v) is 5.87. The first kappa shape index (κ1) is 34.4. The highest BCUT2D eigenvalue weighted by molar-refractivity contribution is 7.17. The third-order valence-corrected chi connectivity index (χ3v) is 8.39. The van der Waals surface area contributed by atoms with Gasteiger partial charge in [0, 0.05) is 16.8 Å². The van der Waals surface area contributed by atoms with Crippen LogP contribution >= 0.6 is 45.3 Å². The predicted octanol–water partition coefficient (Wildman–Crippen LogP) is 8.49. The number of H-pyrrole nitrogens is 2. The number of fused-ring (bicyclic) bond motifs is 2. The summed E-state index contributed by atoms with van der Waals surface area (Å²) in [7, 11) is 0. The highest BCUT2D eigenvalue weighted by Crippen LogP contribution is 2.26. The van der Waals surface area contributed by atoms with E-state index in [0.717, 1.165) is 43.4 Å². The summed E-state index contributed by atoms with van der Waals surface area (Å²) >= 11 is 4.22. The van der Waals surface area contributed by atoms with Gasteiger partial charge in [-0.15, -0.1) is 45.3 Å². The molecule has 0 aliphatic rings. The van der Waals surface area contributed by atoms with Gasteiger partial charge < -0.3 is 19.4 Å². The number of carbonyl (C=O) groups is 4. The van der Waals surface area contributed by atoms with Gasteiger partial charge in [-0.05, 0) is 44.2 Å². The number of aromatic nitrogens is 2. The molecule has 232 valence electrons. The Morgan fingerprint density at radius 3 is 1.84 bits per heavy atom. The van der Waals surface area contributed by atoms with Crippen LogP contribution in [0.25, 0.3) is 20.4 Å². The van der Waals surface area contributed by atoms with E-state index in [4.69, 9.17) is 9.47 Å². The fraction of sp³-hybridized carbons (Fsp3) is 0.143. The van der Waals surface area contributed by atoms with Gasteiger partial charge in [0.1, 0.15) is 17.2 Å². The highest BCUT2D eigenvalue weighted by Gasteiger charge is 2.14. The summed E-state index contributed by atoms with van der Waals surface area (Å²) in [5, 5.41) is 2.12. The van der Waals surface area contributed by atoms with Gasteiger partial charge in [-0.2, -0.15) is 8.78 Å². The van der Waals surface area contributed by atoms with E-state index in [2.05, 4.69) is 9.97 Å². The Balaban J connectivity index is 0.000000166. The molecule has 0 saturated carbocycles. The maximum atomic E-state index is 13.0. The van der Waals surface area contributed by atoms with Gasteiger partial charge in [0.05, 0.1) is 43.4 Å². The van der Waals surface area contributed by atoms with Gasteiger partial charge in [0.2, 0.25) is 0 Å². The van der Waals surface area contributed by atoms with Gasteiger partial charge in [0.25, 0.3) is 0 Å². The minimum atomic E-state index is -0.449. The number of nitrogens with one attached hydrogen (secondary N) is 2. The first-order chi connectivity index (χ1) is 21.1. The van der Waals surface area contributed by atoms with Crippen molar-refractivity contribution < 1.29 is 46.2 Å². The van der Waals surface area contributed by atoms with Gasteiger partial charge in [-0.3, -0.25) is 9.59 Å². The quantitative estimate of drug-likeness (QED) is 0.103. The summed E-state index contributed by atoms with van der Waals surface area (Å²) in [6.45, 7) is 4.11. The van der Waals surface area contributed by atoms with Gasteiger partial charge in [0.15, 0.2) is 28.7 Å². The standard InChI is InChI=1S/2C9H8FNO2S.2C5H3FOS/c1-2-13-9(12)6-3-7-8(11-6)5(10)4-14-7;1-2-13-9(12)6-3-7-5(11-6)4-8(10)14-7;6-4-1-5(2-7)8-3-4;6-5-2-1-4(3-7)8-5/h2*3-4,11H,2H2,1H3;2*1-3H. The van der Waals surface area contributed by atoms with Crippen LogP contribution in [0.1, 0.15) is 54.2 Å². The molecule has 0 aliphatic carbocycles. The molecule has 8 nitrogen and oxygen atoms in total. The second kappa shape index (κ2) is 16.7. The lowest BCUT2D eigenvalue weighted by molar-refractivity contribution is 0.0511. The van der Waals surface area contributed by atoms with E-state index in [-0.39, 0.29) is 21.9 Å². The number of thiophene rings is 4. The lowest BCUT2D eigenvalue weighted by Crippen LogP contribution is -2.04. The van der Waals surface area contributed by atoms with Gasteiger partial charge >= 0.3 is 11.9 Å². The van der Waals surface area contributed by atoms with Crippen molar-refractivity contribution in [3.8, 4) is 0 Å². The molecule has 0 fully saturated rings. The van der Waals surface area contributed by atoms with Crippen molar-refractivity contribution in [1.82, 2.24) is 9.97 Å². The van der Waals surface area contributed by atoms with E-state index in [0.29, 0.717) is 58.0 Å². The first-order valence-corrected chi connectivity index (χ1v) is 15.7. The molecule has 6 rings (SSSR count). The summed E-state index contributed by atoms with van der Waals surface area (Å²) in [5.74, 6) is -1.52. The van der Waals surface area contributed by atoms with Gasteiger partial charge in [-0.1, -0.05) is 0 Å². The first-order valence-electron chi connectivity index (χ1n) is 12.4. The summed E-state index contributed by atoms with van der Waals surface area (Å²) in [6, 6.07) is 8.49. The van der Waals surface area contributed by atoms with Crippen LogP contribution in [0.4, 0.5) is 17.6 Å². The SMILES string of the molecule is CCOC(=O)c1cc2sc(F)cc2[nH]1.CCOC(=O)c1cc2scc(F)c2[nH]1.O=Cc1cc(F)cs1.O=Cc1ccc(F)s1. The number of aldehydes is 2. The summed E-state index contributed by atoms with van der Waals surface area (Å²) in [6.07, 6.45) is 1.27. The molecule has 0 aromatic carbocycles. The van der Waals surface area contributed by atoms with Crippen LogP contribution in [0.15, 0.2) is 47.2 Å². The summed E-state index contributed by atoms with van der Waals surface area (Å²) in [5.41, 5.74) is 1.68. The molecule has 16 heteroatoms. The van der Waals surface area contributed by atoms with Crippen molar-refractivity contribution in [1.29, 1.82) is 0 Å². The van der Waals surface area contributed by atoms with Crippen LogP contribution in [0.2, 0.25) is 0 Å². The van der Waals surface area contributed by atoms with Crippen molar-refractivity contribution in [2.24, 2.45) is 0 Å². The van der Waals surface area contributed by atoms with Crippen molar-refractivity contribution in [2.75, 3.05) is 13.2 Å². The zero-order chi connectivity index (χ0) is 32.2. The van der Waals surface area contributed by atoms with E-state index in [9.17, 15) is 36.7 Å². The van der Waals surface area contributed by atoms with Gasteiger partial charge in [-0.25, -0.2) is 18.4 Å². The lowest BCUT2D eigenvalue weighted by Gasteiger charge is -1.96. The number of ether oxygens (including phenoxy) is 2. The molecule has 0 aliphatic heterocycles. The second-order valence-corrected chi connectivity index (χ2v) is 12.0. The molecule has 0 unspecified atom stereocenters. The average molecular weight is 687 g/mol. The molecular weight excluding hydrogens is 665 g/mol. The number of hydrogen-bond acceptors (Lipinski definition) is 10. The molecular formula is C28H22F4N2O6S4. The van der Waals surface area contributed by atoms with E-state index in [1.54, 1.807) is 26.0 Å². The third kappa shape index (κ3) is 9.70. The zero-order valence-corrected chi connectivity index (χ0v) is 26.0. The topological polar surface area (TPSA) is 118 Å². The number of esters is 2. The van der Waals surface area contributed by atoms with E-state index >= 15 is 0 Å². The number of carbonyl (C=O) groups excluding carboxylic acids is 4. The molecule has 0 spiro atoms. The second-order valence-electron chi connectivity index (χ2n) is 8.00. The predicted molar refractivity (Wildman–Crippen MR) is 164 cm³/mol. The Labute approximate surface area is 262 Å². The van der Waals surface area contributed by atoms with Crippen molar-refractivity contribution in [2.45, 2.75) is 13.8 Å². The van der Waals surface area contributed by atoms with Crippen LogP contribution in [0.3, 0.4) is 0 Å². The van der Waals surface area contributed by atoms with E-state index in [1.165, 1.54) is 46.4 Å². The molecule has 0 atom stereocenters. The van der Waals surface area contributed by atoms with E-state index in [1.807, 2.05) is 0 Å². The Kier molecular flexibility index (Phi) is 13.0.